The minimum absolute atomic E-state index is 0.211. The highest BCUT2D eigenvalue weighted by molar-refractivity contribution is 5.39. The molecule has 0 aliphatic heterocycles. The van der Waals surface area contributed by atoms with E-state index in [0.717, 1.165) is 11.1 Å². The average Bonchev–Trinajstić information content (AvgIpc) is 2.32. The zero-order chi connectivity index (χ0) is 14.9. The Balaban J connectivity index is 2.35. The Bertz CT molecular complexity index is 665. The fourth-order valence-electron chi connectivity index (χ4n) is 2.78. The molecule has 0 spiro atoms. The Kier molecular flexibility index (Phi) is 4.04. The SMILES string of the molecule is Cc1cc(C)c(C(N)Cn2cc(C)cnc2=O)c(C)c1. The lowest BCUT2D eigenvalue weighted by atomic mass is 9.94. The fraction of sp³-hybridized carbons (Fsp3) is 0.375. The van der Waals surface area contributed by atoms with Crippen molar-refractivity contribution in [3.8, 4) is 0 Å². The van der Waals surface area contributed by atoms with Gasteiger partial charge in [-0.25, -0.2) is 9.78 Å². The van der Waals surface area contributed by atoms with Crippen molar-refractivity contribution in [2.75, 3.05) is 0 Å². The van der Waals surface area contributed by atoms with Gasteiger partial charge in [0, 0.05) is 25.0 Å². The Morgan fingerprint density at radius 1 is 1.15 bits per heavy atom. The van der Waals surface area contributed by atoms with Crippen molar-refractivity contribution in [1.82, 2.24) is 9.55 Å². The van der Waals surface area contributed by atoms with Crippen molar-refractivity contribution in [2.24, 2.45) is 5.73 Å². The van der Waals surface area contributed by atoms with Gasteiger partial charge in [0.25, 0.3) is 0 Å². The summed E-state index contributed by atoms with van der Waals surface area (Å²) < 4.78 is 1.58. The maximum Gasteiger partial charge on any atom is 0.347 e. The molecule has 106 valence electrons. The molecule has 2 rings (SSSR count). The first-order valence-corrected chi connectivity index (χ1v) is 6.75. The molecule has 0 aliphatic carbocycles. The van der Waals surface area contributed by atoms with Gasteiger partial charge >= 0.3 is 5.69 Å². The Hall–Kier alpha value is -1.94. The van der Waals surface area contributed by atoms with Gasteiger partial charge < -0.3 is 5.73 Å². The molecule has 4 nitrogen and oxygen atoms in total. The first kappa shape index (κ1) is 14.5. The van der Waals surface area contributed by atoms with E-state index in [2.05, 4.69) is 37.9 Å². The van der Waals surface area contributed by atoms with Crippen LogP contribution in [-0.2, 0) is 6.54 Å². The highest BCUT2D eigenvalue weighted by Crippen LogP contribution is 2.22. The number of rotatable bonds is 3. The first-order chi connectivity index (χ1) is 9.38. The second-order valence-corrected chi connectivity index (χ2v) is 5.49. The van der Waals surface area contributed by atoms with Crippen LogP contribution in [0.3, 0.4) is 0 Å². The van der Waals surface area contributed by atoms with E-state index in [0.29, 0.717) is 6.54 Å². The van der Waals surface area contributed by atoms with E-state index in [1.807, 2.05) is 6.92 Å². The van der Waals surface area contributed by atoms with E-state index in [4.69, 9.17) is 5.73 Å². The summed E-state index contributed by atoms with van der Waals surface area (Å²) in [4.78, 5) is 15.6. The van der Waals surface area contributed by atoms with Crippen LogP contribution >= 0.6 is 0 Å². The number of aromatic nitrogens is 2. The number of aryl methyl sites for hydroxylation is 4. The van der Waals surface area contributed by atoms with Crippen LogP contribution in [0.5, 0.6) is 0 Å². The van der Waals surface area contributed by atoms with Crippen molar-refractivity contribution >= 4 is 0 Å². The zero-order valence-electron chi connectivity index (χ0n) is 12.5. The molecule has 1 unspecified atom stereocenters. The van der Waals surface area contributed by atoms with Crippen LogP contribution in [0.25, 0.3) is 0 Å². The minimum atomic E-state index is -0.256. The van der Waals surface area contributed by atoms with Crippen molar-refractivity contribution in [3.63, 3.8) is 0 Å². The smallest absolute Gasteiger partial charge is 0.322 e. The van der Waals surface area contributed by atoms with Crippen LogP contribution in [0.4, 0.5) is 0 Å². The van der Waals surface area contributed by atoms with Crippen molar-refractivity contribution in [3.05, 3.63) is 62.8 Å². The molecular formula is C16H21N3O. The van der Waals surface area contributed by atoms with Crippen molar-refractivity contribution in [2.45, 2.75) is 40.3 Å². The number of hydrogen-bond acceptors (Lipinski definition) is 3. The Morgan fingerprint density at radius 3 is 2.35 bits per heavy atom. The molecule has 2 N–H and O–H groups in total. The number of nitrogens with zero attached hydrogens (tertiary/aromatic N) is 2. The van der Waals surface area contributed by atoms with Crippen LogP contribution in [0, 0.1) is 27.7 Å². The molecule has 0 amide bonds. The number of hydrogen-bond donors (Lipinski definition) is 1. The van der Waals surface area contributed by atoms with Gasteiger partial charge in [0.15, 0.2) is 0 Å². The van der Waals surface area contributed by atoms with Crippen LogP contribution in [0.1, 0.15) is 33.9 Å². The molecule has 4 heteroatoms. The maximum atomic E-state index is 11.8. The molecule has 1 atom stereocenters. The number of benzene rings is 1. The van der Waals surface area contributed by atoms with Crippen LogP contribution < -0.4 is 11.4 Å². The average molecular weight is 271 g/mol. The minimum Gasteiger partial charge on any atom is -0.322 e. The number of nitrogens with two attached hydrogens (primary N) is 1. The van der Waals surface area contributed by atoms with E-state index >= 15 is 0 Å². The maximum absolute atomic E-state index is 11.8. The summed E-state index contributed by atoms with van der Waals surface area (Å²) in [6, 6.07) is 4.04. The predicted octanol–water partition coefficient (Wildman–Crippen LogP) is 2.18. The lowest BCUT2D eigenvalue weighted by Gasteiger charge is -2.19. The summed E-state index contributed by atoms with van der Waals surface area (Å²) in [6.07, 6.45) is 3.38. The standard InChI is InChI=1S/C16H21N3O/c1-10-5-12(3)15(13(4)6-10)14(17)9-19-8-11(2)7-18-16(19)20/h5-8,14H,9,17H2,1-4H3. The molecule has 1 aromatic carbocycles. The van der Waals surface area contributed by atoms with Gasteiger partial charge in [0.05, 0.1) is 0 Å². The third-order valence-corrected chi connectivity index (χ3v) is 3.49. The molecule has 0 bridgehead atoms. The summed E-state index contributed by atoms with van der Waals surface area (Å²) in [5.74, 6) is 0. The van der Waals surface area contributed by atoms with Gasteiger partial charge in [-0.2, -0.15) is 0 Å². The van der Waals surface area contributed by atoms with Gasteiger partial charge in [-0.1, -0.05) is 17.7 Å². The van der Waals surface area contributed by atoms with Gasteiger partial charge in [-0.3, -0.25) is 4.57 Å². The van der Waals surface area contributed by atoms with E-state index in [1.165, 1.54) is 16.7 Å². The molecule has 0 aliphatic rings. The van der Waals surface area contributed by atoms with Gasteiger partial charge in [0.1, 0.15) is 0 Å². The molecular weight excluding hydrogens is 250 g/mol. The quantitative estimate of drug-likeness (QED) is 0.930. The second kappa shape index (κ2) is 5.59. The Labute approximate surface area is 119 Å². The van der Waals surface area contributed by atoms with Crippen LogP contribution in [-0.4, -0.2) is 9.55 Å². The van der Waals surface area contributed by atoms with Gasteiger partial charge in [-0.15, -0.1) is 0 Å². The fourth-order valence-corrected chi connectivity index (χ4v) is 2.78. The lowest BCUT2D eigenvalue weighted by molar-refractivity contribution is 0.545. The van der Waals surface area contributed by atoms with E-state index in [-0.39, 0.29) is 11.7 Å². The van der Waals surface area contributed by atoms with Crippen molar-refractivity contribution in [1.29, 1.82) is 0 Å². The Morgan fingerprint density at radius 2 is 1.75 bits per heavy atom. The van der Waals surface area contributed by atoms with Crippen molar-refractivity contribution < 1.29 is 0 Å². The first-order valence-electron chi connectivity index (χ1n) is 6.75. The third-order valence-electron chi connectivity index (χ3n) is 3.49. The molecule has 2 aromatic rings. The van der Waals surface area contributed by atoms with Crippen LogP contribution in [0.2, 0.25) is 0 Å². The normalized spacial score (nSPS) is 12.4. The van der Waals surface area contributed by atoms with Crippen LogP contribution in [0.15, 0.2) is 29.3 Å². The van der Waals surface area contributed by atoms with Gasteiger partial charge in [-0.05, 0) is 49.9 Å². The molecule has 0 radical (unpaired) electrons. The van der Waals surface area contributed by atoms with E-state index < -0.39 is 0 Å². The zero-order valence-corrected chi connectivity index (χ0v) is 12.5. The predicted molar refractivity (Wildman–Crippen MR) is 80.8 cm³/mol. The second-order valence-electron chi connectivity index (χ2n) is 5.49. The largest absolute Gasteiger partial charge is 0.347 e. The summed E-state index contributed by atoms with van der Waals surface area (Å²) in [7, 11) is 0. The molecule has 0 fully saturated rings. The summed E-state index contributed by atoms with van der Waals surface area (Å²) in [5, 5.41) is 0. The molecule has 1 aromatic heterocycles. The molecule has 20 heavy (non-hydrogen) atoms. The molecule has 1 heterocycles. The van der Waals surface area contributed by atoms with E-state index in [1.54, 1.807) is 17.0 Å². The highest BCUT2D eigenvalue weighted by atomic mass is 16.1. The monoisotopic (exact) mass is 271 g/mol. The summed E-state index contributed by atoms with van der Waals surface area (Å²) in [6.45, 7) is 8.55. The third kappa shape index (κ3) is 2.96. The topological polar surface area (TPSA) is 60.9 Å². The highest BCUT2D eigenvalue weighted by Gasteiger charge is 2.14. The summed E-state index contributed by atoms with van der Waals surface area (Å²) >= 11 is 0. The summed E-state index contributed by atoms with van der Waals surface area (Å²) in [5.41, 5.74) is 11.7. The van der Waals surface area contributed by atoms with E-state index in [9.17, 15) is 4.79 Å². The lowest BCUT2D eigenvalue weighted by Crippen LogP contribution is -2.29. The van der Waals surface area contributed by atoms with Gasteiger partial charge in [0.2, 0.25) is 0 Å². The molecule has 0 saturated heterocycles. The molecule has 0 saturated carbocycles.